The van der Waals surface area contributed by atoms with Gasteiger partial charge in [0.2, 0.25) is 0 Å². The van der Waals surface area contributed by atoms with Crippen molar-refractivity contribution in [1.82, 2.24) is 5.32 Å². The van der Waals surface area contributed by atoms with Crippen molar-refractivity contribution in [3.05, 3.63) is 35.4 Å². The van der Waals surface area contributed by atoms with Crippen LogP contribution in [0.25, 0.3) is 0 Å². The van der Waals surface area contributed by atoms with Gasteiger partial charge in [0.05, 0.1) is 12.1 Å². The Hall–Kier alpha value is -1.55. The molecular formula is C15H21NO3. The molecular weight excluding hydrogens is 242 g/mol. The average molecular weight is 263 g/mol. The first-order valence-electron chi connectivity index (χ1n) is 6.57. The number of fused-ring (bicyclic) bond motifs is 1. The molecule has 1 aliphatic carbocycles. The summed E-state index contributed by atoms with van der Waals surface area (Å²) in [5.74, 6) is 0. The number of carbonyl (C=O) groups excluding carboxylic acids is 1. The number of ether oxygens (including phenoxy) is 1. The van der Waals surface area contributed by atoms with Crippen LogP contribution >= 0.6 is 0 Å². The van der Waals surface area contributed by atoms with E-state index in [2.05, 4.69) is 5.32 Å². The zero-order chi connectivity index (χ0) is 14.1. The number of hydrogen-bond donors (Lipinski definition) is 2. The van der Waals surface area contributed by atoms with Crippen LogP contribution < -0.4 is 5.32 Å². The van der Waals surface area contributed by atoms with Crippen molar-refractivity contribution in [3.8, 4) is 0 Å². The zero-order valence-electron chi connectivity index (χ0n) is 11.7. The van der Waals surface area contributed by atoms with E-state index in [-0.39, 0.29) is 6.61 Å². The molecule has 0 aromatic heterocycles. The van der Waals surface area contributed by atoms with Crippen LogP contribution in [0.1, 0.15) is 38.3 Å². The molecule has 0 saturated heterocycles. The molecule has 0 spiro atoms. The number of alkyl carbamates (subject to hydrolysis) is 1. The van der Waals surface area contributed by atoms with Gasteiger partial charge in [0, 0.05) is 0 Å². The number of aliphatic hydroxyl groups is 1. The normalized spacial score (nSPS) is 21.9. The van der Waals surface area contributed by atoms with Gasteiger partial charge in [-0.15, -0.1) is 0 Å². The summed E-state index contributed by atoms with van der Waals surface area (Å²) in [5.41, 5.74) is 0.911. The van der Waals surface area contributed by atoms with Gasteiger partial charge in [-0.3, -0.25) is 0 Å². The average Bonchev–Trinajstić information content (AvgIpc) is 2.67. The SMILES string of the molecule is CC(C)(C)OC(=O)NC1(CO)CCc2ccccc21. The molecule has 2 rings (SSSR count). The fourth-order valence-electron chi connectivity index (χ4n) is 2.52. The second kappa shape index (κ2) is 4.85. The number of hydrogen-bond acceptors (Lipinski definition) is 3. The second-order valence-corrected chi connectivity index (χ2v) is 6.02. The van der Waals surface area contributed by atoms with Gasteiger partial charge in [-0.1, -0.05) is 24.3 Å². The van der Waals surface area contributed by atoms with E-state index in [1.165, 1.54) is 5.56 Å². The third kappa shape index (κ3) is 2.89. The standard InChI is InChI=1S/C15H21NO3/c1-14(2,3)19-13(18)16-15(10-17)9-8-11-6-4-5-7-12(11)15/h4-7,17H,8-10H2,1-3H3,(H,16,18). The van der Waals surface area contributed by atoms with Gasteiger partial charge in [-0.05, 0) is 44.7 Å². The Morgan fingerprint density at radius 1 is 1.42 bits per heavy atom. The van der Waals surface area contributed by atoms with Crippen LogP contribution in [0.3, 0.4) is 0 Å². The Morgan fingerprint density at radius 2 is 2.11 bits per heavy atom. The lowest BCUT2D eigenvalue weighted by Gasteiger charge is -2.31. The topological polar surface area (TPSA) is 58.6 Å². The first kappa shape index (κ1) is 13.9. The summed E-state index contributed by atoms with van der Waals surface area (Å²) in [7, 11) is 0. The first-order chi connectivity index (χ1) is 8.86. The molecule has 1 aromatic carbocycles. The summed E-state index contributed by atoms with van der Waals surface area (Å²) >= 11 is 0. The summed E-state index contributed by atoms with van der Waals surface area (Å²) in [6.45, 7) is 5.34. The maximum atomic E-state index is 11.9. The van der Waals surface area contributed by atoms with Gasteiger partial charge in [-0.2, -0.15) is 0 Å². The second-order valence-electron chi connectivity index (χ2n) is 6.02. The summed E-state index contributed by atoms with van der Waals surface area (Å²) < 4.78 is 5.28. The lowest BCUT2D eigenvalue weighted by atomic mass is 9.93. The molecule has 1 aliphatic rings. The summed E-state index contributed by atoms with van der Waals surface area (Å²) in [6, 6.07) is 7.88. The Balaban J connectivity index is 2.20. The van der Waals surface area contributed by atoms with Crippen LogP contribution in [-0.2, 0) is 16.7 Å². The lowest BCUT2D eigenvalue weighted by molar-refractivity contribution is 0.0393. The van der Waals surface area contributed by atoms with Crippen molar-refractivity contribution in [2.75, 3.05) is 6.61 Å². The van der Waals surface area contributed by atoms with Crippen LogP contribution in [0.15, 0.2) is 24.3 Å². The van der Waals surface area contributed by atoms with Gasteiger partial charge in [-0.25, -0.2) is 4.79 Å². The Kier molecular flexibility index (Phi) is 3.54. The molecule has 1 amide bonds. The van der Waals surface area contributed by atoms with Gasteiger partial charge in [0.15, 0.2) is 0 Å². The third-order valence-electron chi connectivity index (χ3n) is 3.36. The lowest BCUT2D eigenvalue weighted by Crippen LogP contribution is -2.48. The molecule has 1 aromatic rings. The number of benzene rings is 1. The first-order valence-corrected chi connectivity index (χ1v) is 6.57. The van der Waals surface area contributed by atoms with E-state index in [0.717, 1.165) is 12.0 Å². The number of nitrogens with one attached hydrogen (secondary N) is 1. The highest BCUT2D eigenvalue weighted by Crippen LogP contribution is 2.36. The molecule has 4 heteroatoms. The predicted octanol–water partition coefficient (Wildman–Crippen LogP) is 2.35. The molecule has 1 atom stereocenters. The van der Waals surface area contributed by atoms with Crippen LogP contribution in [0.5, 0.6) is 0 Å². The summed E-state index contributed by atoms with van der Waals surface area (Å²) in [4.78, 5) is 11.9. The van der Waals surface area contributed by atoms with Crippen LogP contribution in [0, 0.1) is 0 Å². The highest BCUT2D eigenvalue weighted by molar-refractivity contribution is 5.69. The van der Waals surface area contributed by atoms with Crippen LogP contribution in [0.2, 0.25) is 0 Å². The minimum atomic E-state index is -0.709. The molecule has 1 unspecified atom stereocenters. The highest BCUT2D eigenvalue weighted by atomic mass is 16.6. The molecule has 104 valence electrons. The van der Waals surface area contributed by atoms with Crippen molar-refractivity contribution in [2.24, 2.45) is 0 Å². The number of aryl methyl sites for hydroxylation is 1. The Bertz CT molecular complexity index is 479. The fourth-order valence-corrected chi connectivity index (χ4v) is 2.52. The largest absolute Gasteiger partial charge is 0.444 e. The third-order valence-corrected chi connectivity index (χ3v) is 3.36. The maximum absolute atomic E-state index is 11.9. The molecule has 0 aliphatic heterocycles. The Labute approximate surface area is 113 Å². The molecule has 4 nitrogen and oxygen atoms in total. The van der Waals surface area contributed by atoms with E-state index in [1.54, 1.807) is 0 Å². The van der Waals surface area contributed by atoms with Crippen molar-refractivity contribution in [3.63, 3.8) is 0 Å². The highest BCUT2D eigenvalue weighted by Gasteiger charge is 2.40. The number of carbonyl (C=O) groups is 1. The monoisotopic (exact) mass is 263 g/mol. The summed E-state index contributed by atoms with van der Waals surface area (Å²) in [5, 5.41) is 12.6. The van der Waals surface area contributed by atoms with E-state index in [4.69, 9.17) is 4.74 Å². The molecule has 0 bridgehead atoms. The fraction of sp³-hybridized carbons (Fsp3) is 0.533. The van der Waals surface area contributed by atoms with E-state index in [0.29, 0.717) is 6.42 Å². The zero-order valence-corrected chi connectivity index (χ0v) is 11.7. The van der Waals surface area contributed by atoms with E-state index in [9.17, 15) is 9.90 Å². The predicted molar refractivity (Wildman–Crippen MR) is 72.9 cm³/mol. The van der Waals surface area contributed by atoms with Crippen LogP contribution in [-0.4, -0.2) is 23.4 Å². The molecule has 2 N–H and O–H groups in total. The van der Waals surface area contributed by atoms with Gasteiger partial charge >= 0.3 is 6.09 Å². The Morgan fingerprint density at radius 3 is 2.74 bits per heavy atom. The smallest absolute Gasteiger partial charge is 0.408 e. The quantitative estimate of drug-likeness (QED) is 0.861. The molecule has 0 radical (unpaired) electrons. The number of amides is 1. The van der Waals surface area contributed by atoms with Crippen molar-refractivity contribution in [2.45, 2.75) is 44.8 Å². The molecule has 0 fully saturated rings. The van der Waals surface area contributed by atoms with E-state index >= 15 is 0 Å². The molecule has 0 heterocycles. The van der Waals surface area contributed by atoms with Crippen LogP contribution in [0.4, 0.5) is 4.79 Å². The maximum Gasteiger partial charge on any atom is 0.408 e. The van der Waals surface area contributed by atoms with E-state index in [1.807, 2.05) is 45.0 Å². The number of rotatable bonds is 2. The minimum Gasteiger partial charge on any atom is -0.444 e. The molecule has 0 saturated carbocycles. The number of aliphatic hydroxyl groups excluding tert-OH is 1. The summed E-state index contributed by atoms with van der Waals surface area (Å²) in [6.07, 6.45) is 1.06. The van der Waals surface area contributed by atoms with Gasteiger partial charge < -0.3 is 15.2 Å². The van der Waals surface area contributed by atoms with Crippen molar-refractivity contribution in [1.29, 1.82) is 0 Å². The van der Waals surface area contributed by atoms with Crippen molar-refractivity contribution >= 4 is 6.09 Å². The molecule has 19 heavy (non-hydrogen) atoms. The van der Waals surface area contributed by atoms with E-state index < -0.39 is 17.2 Å². The van der Waals surface area contributed by atoms with Gasteiger partial charge in [0.1, 0.15) is 5.60 Å². The van der Waals surface area contributed by atoms with Crippen molar-refractivity contribution < 1.29 is 14.6 Å². The minimum absolute atomic E-state index is 0.122. The van der Waals surface area contributed by atoms with Gasteiger partial charge in [0.25, 0.3) is 0 Å².